The zero-order chi connectivity index (χ0) is 12.3. The molecule has 17 heavy (non-hydrogen) atoms. The van der Waals surface area contributed by atoms with Crippen LogP contribution in [0.25, 0.3) is 0 Å². The number of hydrogen-bond donors (Lipinski definition) is 1. The third-order valence-corrected chi connectivity index (χ3v) is 3.73. The summed E-state index contributed by atoms with van der Waals surface area (Å²) in [6, 6.07) is 5.75. The minimum atomic E-state index is 0.288. The van der Waals surface area contributed by atoms with Gasteiger partial charge in [0, 0.05) is 24.0 Å². The molecule has 2 rings (SSSR count). The normalized spacial score (nSPS) is 17.3. The van der Waals surface area contributed by atoms with E-state index < -0.39 is 0 Å². The van der Waals surface area contributed by atoms with Gasteiger partial charge in [-0.2, -0.15) is 5.26 Å². The van der Waals surface area contributed by atoms with Crippen LogP contribution >= 0.6 is 0 Å². The van der Waals surface area contributed by atoms with Crippen molar-refractivity contribution < 1.29 is 0 Å². The molecule has 1 saturated carbocycles. The number of pyridine rings is 1. The average molecular weight is 230 g/mol. The fourth-order valence-electron chi connectivity index (χ4n) is 2.24. The minimum absolute atomic E-state index is 0.288. The lowest BCUT2D eigenvalue weighted by Crippen LogP contribution is -2.54. The maximum absolute atomic E-state index is 8.79. The Morgan fingerprint density at radius 2 is 2.29 bits per heavy atom. The van der Waals surface area contributed by atoms with Crippen molar-refractivity contribution in [2.24, 2.45) is 0 Å². The van der Waals surface area contributed by atoms with E-state index in [0.29, 0.717) is 5.69 Å². The third-order valence-electron chi connectivity index (χ3n) is 3.73. The number of anilines is 1. The first-order valence-electron chi connectivity index (χ1n) is 5.94. The number of hydrogen-bond acceptors (Lipinski definition) is 4. The van der Waals surface area contributed by atoms with Gasteiger partial charge in [-0.1, -0.05) is 0 Å². The number of nitrogens with zero attached hydrogens (tertiary/aromatic N) is 3. The highest BCUT2D eigenvalue weighted by atomic mass is 15.2. The van der Waals surface area contributed by atoms with Gasteiger partial charge in [-0.3, -0.25) is 0 Å². The van der Waals surface area contributed by atoms with Crippen LogP contribution in [0.5, 0.6) is 0 Å². The fraction of sp³-hybridized carbons (Fsp3) is 0.538. The molecule has 1 aliphatic carbocycles. The lowest BCUT2D eigenvalue weighted by Gasteiger charge is -2.47. The first kappa shape index (κ1) is 11.9. The molecule has 0 amide bonds. The second-order valence-corrected chi connectivity index (χ2v) is 4.87. The van der Waals surface area contributed by atoms with Crippen LogP contribution in [0.15, 0.2) is 18.3 Å². The molecule has 90 valence electrons. The maximum atomic E-state index is 8.79. The van der Waals surface area contributed by atoms with E-state index in [9.17, 15) is 0 Å². The van der Waals surface area contributed by atoms with Gasteiger partial charge in [0.25, 0.3) is 0 Å². The van der Waals surface area contributed by atoms with Crippen molar-refractivity contribution in [1.29, 1.82) is 5.26 Å². The summed E-state index contributed by atoms with van der Waals surface area (Å²) in [5.41, 5.74) is 1.72. The molecule has 1 heterocycles. The molecule has 0 spiro atoms. The minimum Gasteiger partial charge on any atom is -0.383 e. The van der Waals surface area contributed by atoms with Crippen molar-refractivity contribution in [2.75, 3.05) is 26.0 Å². The van der Waals surface area contributed by atoms with Gasteiger partial charge < -0.3 is 10.2 Å². The fourth-order valence-corrected chi connectivity index (χ4v) is 2.24. The van der Waals surface area contributed by atoms with Crippen LogP contribution in [0.4, 0.5) is 5.69 Å². The largest absolute Gasteiger partial charge is 0.383 e. The summed E-state index contributed by atoms with van der Waals surface area (Å²) < 4.78 is 0. The summed E-state index contributed by atoms with van der Waals surface area (Å²) in [5.74, 6) is 0. The molecule has 1 fully saturated rings. The molecule has 4 heteroatoms. The molecule has 1 aromatic heterocycles. The Kier molecular flexibility index (Phi) is 3.30. The Morgan fingerprint density at radius 1 is 1.53 bits per heavy atom. The predicted molar refractivity (Wildman–Crippen MR) is 67.7 cm³/mol. The Bertz CT molecular complexity index is 429. The lowest BCUT2D eigenvalue weighted by molar-refractivity contribution is 0.0739. The number of nitrogens with one attached hydrogen (secondary N) is 1. The number of aromatic nitrogens is 1. The highest BCUT2D eigenvalue weighted by Crippen LogP contribution is 2.36. The highest BCUT2D eigenvalue weighted by Gasteiger charge is 2.38. The second kappa shape index (κ2) is 4.72. The lowest BCUT2D eigenvalue weighted by atomic mass is 9.75. The van der Waals surface area contributed by atoms with Gasteiger partial charge in [-0.15, -0.1) is 0 Å². The van der Waals surface area contributed by atoms with Gasteiger partial charge in [0.15, 0.2) is 0 Å². The maximum Gasteiger partial charge on any atom is 0.142 e. The summed E-state index contributed by atoms with van der Waals surface area (Å²) in [6.45, 7) is 0.925. The van der Waals surface area contributed by atoms with Crippen LogP contribution in [0.2, 0.25) is 0 Å². The molecule has 4 nitrogen and oxygen atoms in total. The number of likely N-dealkylation sites (N-methyl/N-ethyl adjacent to an activating group) is 1. The van der Waals surface area contributed by atoms with Crippen molar-refractivity contribution >= 4 is 5.69 Å². The SMILES string of the molecule is CN(C)C1(CNc2ccnc(C#N)c2)CCC1. The van der Waals surface area contributed by atoms with Gasteiger partial charge in [0.05, 0.1) is 0 Å². The quantitative estimate of drug-likeness (QED) is 0.857. The molecule has 1 N–H and O–H groups in total. The molecule has 0 aromatic carbocycles. The van der Waals surface area contributed by atoms with Crippen molar-refractivity contribution in [3.8, 4) is 6.07 Å². The summed E-state index contributed by atoms with van der Waals surface area (Å²) in [4.78, 5) is 6.26. The van der Waals surface area contributed by atoms with Gasteiger partial charge >= 0.3 is 0 Å². The first-order chi connectivity index (χ1) is 8.16. The van der Waals surface area contributed by atoms with Crippen LogP contribution in [0, 0.1) is 11.3 Å². The third kappa shape index (κ3) is 2.40. The molecule has 0 saturated heterocycles. The van der Waals surface area contributed by atoms with Crippen molar-refractivity contribution in [2.45, 2.75) is 24.8 Å². The second-order valence-electron chi connectivity index (χ2n) is 4.87. The van der Waals surface area contributed by atoms with E-state index in [1.165, 1.54) is 19.3 Å². The van der Waals surface area contributed by atoms with Gasteiger partial charge in [-0.25, -0.2) is 4.98 Å². The van der Waals surface area contributed by atoms with E-state index in [2.05, 4.69) is 35.4 Å². The standard InChI is InChI=1S/C13H18N4/c1-17(2)13(5-3-6-13)10-16-11-4-7-15-12(8-11)9-14/h4,7-8H,3,5-6,10H2,1-2H3,(H,15,16). The molecule has 1 aromatic rings. The van der Waals surface area contributed by atoms with Crippen LogP contribution in [-0.4, -0.2) is 36.1 Å². The van der Waals surface area contributed by atoms with E-state index in [0.717, 1.165) is 12.2 Å². The molecule has 0 bridgehead atoms. The monoisotopic (exact) mass is 230 g/mol. The molecular formula is C13H18N4. The van der Waals surface area contributed by atoms with Crippen LogP contribution < -0.4 is 5.32 Å². The zero-order valence-electron chi connectivity index (χ0n) is 10.4. The zero-order valence-corrected chi connectivity index (χ0v) is 10.4. The van der Waals surface area contributed by atoms with E-state index in [1.54, 1.807) is 12.3 Å². The van der Waals surface area contributed by atoms with Crippen molar-refractivity contribution in [3.05, 3.63) is 24.0 Å². The molecule has 0 unspecified atom stereocenters. The van der Waals surface area contributed by atoms with E-state index in [4.69, 9.17) is 5.26 Å². The van der Waals surface area contributed by atoms with Gasteiger partial charge in [0.2, 0.25) is 0 Å². The van der Waals surface area contributed by atoms with E-state index in [1.807, 2.05) is 6.07 Å². The summed E-state index contributed by atoms with van der Waals surface area (Å²) >= 11 is 0. The molecular weight excluding hydrogens is 212 g/mol. The Labute approximate surface area is 102 Å². The average Bonchev–Trinajstić information content (AvgIpc) is 2.27. The molecule has 0 radical (unpaired) electrons. The van der Waals surface area contributed by atoms with Crippen molar-refractivity contribution in [3.63, 3.8) is 0 Å². The summed E-state index contributed by atoms with van der Waals surface area (Å²) in [5, 5.41) is 12.2. The highest BCUT2D eigenvalue weighted by molar-refractivity contribution is 5.46. The van der Waals surface area contributed by atoms with Crippen LogP contribution in [0.1, 0.15) is 25.0 Å². The van der Waals surface area contributed by atoms with Gasteiger partial charge in [-0.05, 0) is 45.5 Å². The molecule has 0 atom stereocenters. The Hall–Kier alpha value is -1.60. The molecule has 1 aliphatic rings. The number of nitriles is 1. The van der Waals surface area contributed by atoms with Crippen molar-refractivity contribution in [1.82, 2.24) is 9.88 Å². The first-order valence-corrected chi connectivity index (χ1v) is 5.94. The smallest absolute Gasteiger partial charge is 0.142 e. The molecule has 0 aliphatic heterocycles. The van der Waals surface area contributed by atoms with E-state index >= 15 is 0 Å². The van der Waals surface area contributed by atoms with Gasteiger partial charge in [0.1, 0.15) is 11.8 Å². The number of rotatable bonds is 4. The van der Waals surface area contributed by atoms with E-state index in [-0.39, 0.29) is 5.54 Å². The Morgan fingerprint density at radius 3 is 2.82 bits per heavy atom. The topological polar surface area (TPSA) is 52.0 Å². The summed E-state index contributed by atoms with van der Waals surface area (Å²) in [6.07, 6.45) is 5.45. The van der Waals surface area contributed by atoms with Crippen LogP contribution in [-0.2, 0) is 0 Å². The van der Waals surface area contributed by atoms with Crippen LogP contribution in [0.3, 0.4) is 0 Å². The summed E-state index contributed by atoms with van der Waals surface area (Å²) in [7, 11) is 4.27. The Balaban J connectivity index is 2.00. The predicted octanol–water partition coefficient (Wildman–Crippen LogP) is 1.85.